The van der Waals surface area contributed by atoms with E-state index in [0.29, 0.717) is 11.8 Å². The SMILES string of the molecule is Cc1ccc(C2(c3ccc(C)cc3)CCCC3C2CCCC3(c2ccc(C)cc2)c2ccc(C)cc2)cc1. The molecule has 0 aromatic heterocycles. The van der Waals surface area contributed by atoms with Gasteiger partial charge in [0.1, 0.15) is 0 Å². The fourth-order valence-electron chi connectivity index (χ4n) is 8.33. The van der Waals surface area contributed by atoms with Crippen molar-refractivity contribution in [1.29, 1.82) is 0 Å². The molecule has 0 aliphatic heterocycles. The first-order valence-corrected chi connectivity index (χ1v) is 14.7. The lowest BCUT2D eigenvalue weighted by atomic mass is 9.45. The summed E-state index contributed by atoms with van der Waals surface area (Å²) in [6.45, 7) is 8.86. The summed E-state index contributed by atoms with van der Waals surface area (Å²) in [4.78, 5) is 0. The molecule has 0 bridgehead atoms. The Morgan fingerprint density at radius 3 is 0.868 bits per heavy atom. The Bertz CT molecular complexity index is 1170. The molecule has 4 aromatic rings. The third-order valence-electron chi connectivity index (χ3n) is 10.2. The van der Waals surface area contributed by atoms with E-state index < -0.39 is 0 Å². The first-order valence-electron chi connectivity index (χ1n) is 14.7. The maximum Gasteiger partial charge on any atom is 0.0234 e. The summed E-state index contributed by atoms with van der Waals surface area (Å²) in [5.41, 5.74) is 11.5. The first-order chi connectivity index (χ1) is 18.4. The number of hydrogen-bond acceptors (Lipinski definition) is 0. The Kier molecular flexibility index (Phi) is 6.55. The van der Waals surface area contributed by atoms with Crippen molar-refractivity contribution >= 4 is 0 Å². The van der Waals surface area contributed by atoms with Gasteiger partial charge in [0, 0.05) is 10.8 Å². The Hall–Kier alpha value is -3.12. The van der Waals surface area contributed by atoms with Crippen LogP contribution < -0.4 is 0 Å². The number of rotatable bonds is 4. The Labute approximate surface area is 230 Å². The zero-order chi connectivity index (χ0) is 26.3. The molecule has 0 nitrogen and oxygen atoms in total. The van der Waals surface area contributed by atoms with E-state index >= 15 is 0 Å². The molecule has 2 unspecified atom stereocenters. The molecule has 6 rings (SSSR count). The van der Waals surface area contributed by atoms with Gasteiger partial charge in [-0.15, -0.1) is 0 Å². The summed E-state index contributed by atoms with van der Waals surface area (Å²) in [5, 5.41) is 0. The average molecular weight is 499 g/mol. The summed E-state index contributed by atoms with van der Waals surface area (Å²) in [6.07, 6.45) is 7.60. The molecule has 0 N–H and O–H groups in total. The largest absolute Gasteiger partial charge is 0.0590 e. The fraction of sp³-hybridized carbons (Fsp3) is 0.368. The molecule has 0 saturated heterocycles. The predicted molar refractivity (Wildman–Crippen MR) is 161 cm³/mol. The van der Waals surface area contributed by atoms with Gasteiger partial charge in [0.25, 0.3) is 0 Å². The maximum atomic E-state index is 2.45. The van der Waals surface area contributed by atoms with E-state index in [-0.39, 0.29) is 10.8 Å². The molecule has 38 heavy (non-hydrogen) atoms. The molecule has 4 aromatic carbocycles. The van der Waals surface area contributed by atoms with Gasteiger partial charge < -0.3 is 0 Å². The molecule has 0 amide bonds. The highest BCUT2D eigenvalue weighted by Gasteiger charge is 2.56. The van der Waals surface area contributed by atoms with Gasteiger partial charge in [-0.3, -0.25) is 0 Å². The van der Waals surface area contributed by atoms with E-state index in [1.165, 1.54) is 83.0 Å². The summed E-state index contributed by atoms with van der Waals surface area (Å²) >= 11 is 0. The van der Waals surface area contributed by atoms with Crippen molar-refractivity contribution in [2.75, 3.05) is 0 Å². The van der Waals surface area contributed by atoms with Crippen LogP contribution in [0.1, 0.15) is 83.0 Å². The van der Waals surface area contributed by atoms with Crippen molar-refractivity contribution in [2.45, 2.75) is 77.0 Å². The molecule has 2 atom stereocenters. The summed E-state index contributed by atoms with van der Waals surface area (Å²) < 4.78 is 0. The van der Waals surface area contributed by atoms with Crippen LogP contribution in [0.3, 0.4) is 0 Å². The van der Waals surface area contributed by atoms with Crippen LogP contribution in [0.5, 0.6) is 0 Å². The lowest BCUT2D eigenvalue weighted by molar-refractivity contribution is 0.0435. The van der Waals surface area contributed by atoms with Crippen LogP contribution in [-0.4, -0.2) is 0 Å². The lowest BCUT2D eigenvalue weighted by Crippen LogP contribution is -2.54. The normalized spacial score (nSPS) is 22.0. The standard InChI is InChI=1S/C38H42/c1-27-9-17-31(18-10-27)37(32-19-11-28(2)12-20-32)25-5-8-36-35(37)7-6-26-38(36,33-21-13-29(3)14-22-33)34-23-15-30(4)16-24-34/h9-24,35-36H,5-8,25-26H2,1-4H3. The van der Waals surface area contributed by atoms with Crippen LogP contribution in [0, 0.1) is 39.5 Å². The zero-order valence-corrected chi connectivity index (χ0v) is 23.6. The van der Waals surface area contributed by atoms with Gasteiger partial charge in [-0.05, 0) is 87.5 Å². The third kappa shape index (κ3) is 4.05. The monoisotopic (exact) mass is 498 g/mol. The van der Waals surface area contributed by atoms with Gasteiger partial charge in [0.15, 0.2) is 0 Å². The fourth-order valence-corrected chi connectivity index (χ4v) is 8.33. The van der Waals surface area contributed by atoms with E-state index in [4.69, 9.17) is 0 Å². The molecular formula is C38H42. The Morgan fingerprint density at radius 1 is 0.395 bits per heavy atom. The van der Waals surface area contributed by atoms with Crippen molar-refractivity contribution in [2.24, 2.45) is 11.8 Å². The quantitative estimate of drug-likeness (QED) is 0.263. The second kappa shape index (κ2) is 9.88. The third-order valence-corrected chi connectivity index (χ3v) is 10.2. The van der Waals surface area contributed by atoms with Crippen LogP contribution in [0.25, 0.3) is 0 Å². The lowest BCUT2D eigenvalue weighted by Gasteiger charge is -2.58. The number of benzene rings is 4. The molecule has 2 aliphatic carbocycles. The number of fused-ring (bicyclic) bond motifs is 1. The van der Waals surface area contributed by atoms with Crippen molar-refractivity contribution in [3.8, 4) is 0 Å². The minimum absolute atomic E-state index is 0.0470. The van der Waals surface area contributed by atoms with Crippen molar-refractivity contribution in [3.63, 3.8) is 0 Å². The van der Waals surface area contributed by atoms with E-state index in [0.717, 1.165) is 0 Å². The predicted octanol–water partition coefficient (Wildman–Crippen LogP) is 9.79. The second-order valence-electron chi connectivity index (χ2n) is 12.4. The molecule has 2 aliphatic rings. The summed E-state index contributed by atoms with van der Waals surface area (Å²) in [6, 6.07) is 38.3. The van der Waals surface area contributed by atoms with Gasteiger partial charge in [-0.2, -0.15) is 0 Å². The van der Waals surface area contributed by atoms with Gasteiger partial charge in [-0.1, -0.05) is 132 Å². The molecule has 2 fully saturated rings. The summed E-state index contributed by atoms with van der Waals surface area (Å²) in [7, 11) is 0. The van der Waals surface area contributed by atoms with Gasteiger partial charge in [-0.25, -0.2) is 0 Å². The van der Waals surface area contributed by atoms with E-state index in [1.807, 2.05) is 0 Å². The summed E-state index contributed by atoms with van der Waals surface area (Å²) in [5.74, 6) is 1.19. The second-order valence-corrected chi connectivity index (χ2v) is 12.4. The Morgan fingerprint density at radius 2 is 0.632 bits per heavy atom. The van der Waals surface area contributed by atoms with Crippen LogP contribution in [0.4, 0.5) is 0 Å². The zero-order valence-electron chi connectivity index (χ0n) is 23.6. The molecule has 194 valence electrons. The topological polar surface area (TPSA) is 0 Å². The van der Waals surface area contributed by atoms with Crippen LogP contribution in [0.2, 0.25) is 0 Å². The van der Waals surface area contributed by atoms with Crippen LogP contribution in [0.15, 0.2) is 97.1 Å². The number of aryl methyl sites for hydroxylation is 4. The smallest absolute Gasteiger partial charge is 0.0234 e. The maximum absolute atomic E-state index is 2.45. The molecule has 0 heteroatoms. The van der Waals surface area contributed by atoms with Gasteiger partial charge in [0.05, 0.1) is 0 Å². The van der Waals surface area contributed by atoms with Crippen molar-refractivity contribution in [1.82, 2.24) is 0 Å². The van der Waals surface area contributed by atoms with E-state index in [2.05, 4.69) is 125 Å². The highest BCUT2D eigenvalue weighted by molar-refractivity contribution is 5.48. The molecule has 0 spiro atoms. The molecule has 0 heterocycles. The minimum Gasteiger partial charge on any atom is -0.0590 e. The average Bonchev–Trinajstić information content (AvgIpc) is 2.94. The van der Waals surface area contributed by atoms with E-state index in [1.54, 1.807) is 0 Å². The highest BCUT2D eigenvalue weighted by atomic mass is 14.6. The van der Waals surface area contributed by atoms with Crippen molar-refractivity contribution in [3.05, 3.63) is 142 Å². The van der Waals surface area contributed by atoms with Gasteiger partial charge >= 0.3 is 0 Å². The van der Waals surface area contributed by atoms with Crippen LogP contribution in [-0.2, 0) is 10.8 Å². The molecular weight excluding hydrogens is 456 g/mol. The first kappa shape index (κ1) is 25.2. The number of hydrogen-bond donors (Lipinski definition) is 0. The molecule has 2 saturated carbocycles. The highest BCUT2D eigenvalue weighted by Crippen LogP contribution is 2.62. The Balaban J connectivity index is 1.59. The van der Waals surface area contributed by atoms with Crippen molar-refractivity contribution < 1.29 is 0 Å². The minimum atomic E-state index is 0.0470. The van der Waals surface area contributed by atoms with E-state index in [9.17, 15) is 0 Å². The van der Waals surface area contributed by atoms with Gasteiger partial charge in [0.2, 0.25) is 0 Å². The molecule has 0 radical (unpaired) electrons. The van der Waals surface area contributed by atoms with Crippen LogP contribution >= 0.6 is 0 Å².